The Kier molecular flexibility index (Phi) is 5.22. The van der Waals surface area contributed by atoms with Crippen LogP contribution in [-0.4, -0.2) is 31.6 Å². The summed E-state index contributed by atoms with van der Waals surface area (Å²) in [5.74, 6) is 5.67. The summed E-state index contributed by atoms with van der Waals surface area (Å²) in [5, 5.41) is 6.01. The van der Waals surface area contributed by atoms with Crippen LogP contribution in [0.5, 0.6) is 0 Å². The molecule has 1 aliphatic heterocycles. The van der Waals surface area contributed by atoms with Crippen LogP contribution in [0.25, 0.3) is 0 Å². The Morgan fingerprint density at radius 2 is 2.04 bits per heavy atom. The molecule has 2 aromatic carbocycles. The molecule has 2 N–H and O–H groups in total. The number of halogens is 1. The molecule has 0 aliphatic carbocycles. The van der Waals surface area contributed by atoms with Gasteiger partial charge < -0.3 is 10.6 Å². The predicted octanol–water partition coefficient (Wildman–Crippen LogP) is 2.65. The molecular weight excluding hydrogens is 338 g/mol. The molecular formula is C19H16ClN3O2. The Morgan fingerprint density at radius 1 is 1.24 bits per heavy atom. The van der Waals surface area contributed by atoms with E-state index in [1.807, 2.05) is 24.3 Å². The van der Waals surface area contributed by atoms with Crippen molar-refractivity contribution in [3.8, 4) is 11.8 Å². The van der Waals surface area contributed by atoms with Crippen LogP contribution in [0.15, 0.2) is 48.5 Å². The van der Waals surface area contributed by atoms with E-state index in [1.54, 1.807) is 29.2 Å². The van der Waals surface area contributed by atoms with Crippen LogP contribution in [0.4, 0.5) is 10.5 Å². The highest BCUT2D eigenvalue weighted by atomic mass is 35.5. The first-order valence-electron chi connectivity index (χ1n) is 7.81. The van der Waals surface area contributed by atoms with Crippen molar-refractivity contribution in [2.45, 2.75) is 0 Å². The van der Waals surface area contributed by atoms with Crippen molar-refractivity contribution in [3.63, 3.8) is 0 Å². The molecule has 1 aliphatic rings. The molecule has 0 radical (unpaired) electrons. The van der Waals surface area contributed by atoms with Crippen LogP contribution >= 0.6 is 11.6 Å². The lowest BCUT2D eigenvalue weighted by Crippen LogP contribution is -2.27. The Bertz CT molecular complexity index is 853. The molecule has 6 heteroatoms. The highest BCUT2D eigenvalue weighted by molar-refractivity contribution is 6.30. The van der Waals surface area contributed by atoms with Gasteiger partial charge in [-0.2, -0.15) is 0 Å². The molecule has 2 aromatic rings. The zero-order chi connectivity index (χ0) is 17.6. The van der Waals surface area contributed by atoms with E-state index in [4.69, 9.17) is 11.6 Å². The lowest BCUT2D eigenvalue weighted by atomic mass is 10.2. The van der Waals surface area contributed by atoms with Gasteiger partial charge in [-0.05, 0) is 42.5 Å². The van der Waals surface area contributed by atoms with Crippen LogP contribution in [-0.2, 0) is 0 Å². The number of hydrogen-bond donors (Lipinski definition) is 2. The van der Waals surface area contributed by atoms with Crippen molar-refractivity contribution in [2.24, 2.45) is 0 Å². The van der Waals surface area contributed by atoms with Gasteiger partial charge in [0.2, 0.25) is 0 Å². The van der Waals surface area contributed by atoms with Crippen molar-refractivity contribution in [2.75, 3.05) is 24.5 Å². The molecule has 3 rings (SSSR count). The minimum Gasteiger partial charge on any atom is -0.341 e. The van der Waals surface area contributed by atoms with Gasteiger partial charge in [-0.1, -0.05) is 29.5 Å². The van der Waals surface area contributed by atoms with Gasteiger partial charge in [0.1, 0.15) is 0 Å². The van der Waals surface area contributed by atoms with Gasteiger partial charge in [0.05, 0.1) is 6.54 Å². The van der Waals surface area contributed by atoms with Gasteiger partial charge >= 0.3 is 6.03 Å². The van der Waals surface area contributed by atoms with Crippen LogP contribution in [0.1, 0.15) is 15.9 Å². The lowest BCUT2D eigenvalue weighted by Gasteiger charge is -2.13. The first kappa shape index (κ1) is 16.9. The summed E-state index contributed by atoms with van der Waals surface area (Å²) in [4.78, 5) is 25.2. The number of nitrogens with zero attached hydrogens (tertiary/aromatic N) is 1. The fraction of sp³-hybridized carbons (Fsp3) is 0.158. The van der Waals surface area contributed by atoms with Gasteiger partial charge in [-0.3, -0.25) is 9.69 Å². The second-order valence-corrected chi connectivity index (χ2v) is 5.86. The fourth-order valence-corrected chi connectivity index (χ4v) is 2.64. The minimum absolute atomic E-state index is 0.0810. The smallest absolute Gasteiger partial charge is 0.321 e. The van der Waals surface area contributed by atoms with Crippen molar-refractivity contribution in [3.05, 3.63) is 64.7 Å². The van der Waals surface area contributed by atoms with Crippen molar-refractivity contribution < 1.29 is 9.59 Å². The lowest BCUT2D eigenvalue weighted by molar-refractivity contribution is 0.0958. The molecule has 5 nitrogen and oxygen atoms in total. The number of benzene rings is 2. The standard InChI is InChI=1S/C19H16ClN3O2/c20-16-5-1-4-15(13-16)18(24)21-10-2-3-14-6-8-17(9-7-14)23-12-11-22-19(23)25/h1,4-9,13H,10-12H2,(H,21,24)(H,22,25). The largest absolute Gasteiger partial charge is 0.341 e. The molecule has 1 saturated heterocycles. The molecule has 0 spiro atoms. The molecule has 0 atom stereocenters. The van der Waals surface area contributed by atoms with Gasteiger partial charge in [-0.15, -0.1) is 0 Å². The molecule has 0 bridgehead atoms. The molecule has 1 fully saturated rings. The number of anilines is 1. The molecule has 0 unspecified atom stereocenters. The topological polar surface area (TPSA) is 61.4 Å². The van der Waals surface area contributed by atoms with E-state index in [9.17, 15) is 9.59 Å². The van der Waals surface area contributed by atoms with E-state index in [-0.39, 0.29) is 18.5 Å². The molecule has 0 aromatic heterocycles. The van der Waals surface area contributed by atoms with E-state index >= 15 is 0 Å². The van der Waals surface area contributed by atoms with Crippen LogP contribution in [0, 0.1) is 11.8 Å². The van der Waals surface area contributed by atoms with E-state index in [0.717, 1.165) is 11.3 Å². The van der Waals surface area contributed by atoms with E-state index in [0.29, 0.717) is 23.7 Å². The fourth-order valence-electron chi connectivity index (χ4n) is 2.45. The maximum atomic E-state index is 11.9. The zero-order valence-electron chi connectivity index (χ0n) is 13.4. The van der Waals surface area contributed by atoms with Crippen molar-refractivity contribution >= 4 is 29.2 Å². The maximum absolute atomic E-state index is 11.9. The molecule has 1 heterocycles. The average Bonchev–Trinajstić information content (AvgIpc) is 3.05. The quantitative estimate of drug-likeness (QED) is 0.833. The van der Waals surface area contributed by atoms with Gasteiger partial charge in [0.15, 0.2) is 0 Å². The number of amides is 3. The van der Waals surface area contributed by atoms with Gasteiger partial charge in [0.25, 0.3) is 5.91 Å². The summed E-state index contributed by atoms with van der Waals surface area (Å²) >= 11 is 5.86. The SMILES string of the molecule is O=C(NCC#Cc1ccc(N2CCNC2=O)cc1)c1cccc(Cl)c1. The summed E-state index contributed by atoms with van der Waals surface area (Å²) < 4.78 is 0. The van der Waals surface area contributed by atoms with Crippen molar-refractivity contribution in [1.82, 2.24) is 10.6 Å². The highest BCUT2D eigenvalue weighted by Crippen LogP contribution is 2.16. The third-order valence-corrected chi connectivity index (χ3v) is 3.93. The zero-order valence-corrected chi connectivity index (χ0v) is 14.1. The summed E-state index contributed by atoms with van der Waals surface area (Å²) in [6.07, 6.45) is 0. The number of rotatable bonds is 3. The summed E-state index contributed by atoms with van der Waals surface area (Å²) in [7, 11) is 0. The number of nitrogens with one attached hydrogen (secondary N) is 2. The Labute approximate surface area is 151 Å². The second kappa shape index (κ2) is 7.73. The molecule has 25 heavy (non-hydrogen) atoms. The predicted molar refractivity (Wildman–Crippen MR) is 97.8 cm³/mol. The third kappa shape index (κ3) is 4.31. The van der Waals surface area contributed by atoms with Gasteiger partial charge in [-0.25, -0.2) is 4.79 Å². The Hall–Kier alpha value is -2.97. The monoisotopic (exact) mass is 353 g/mol. The summed E-state index contributed by atoms with van der Waals surface area (Å²) in [6, 6.07) is 14.1. The maximum Gasteiger partial charge on any atom is 0.321 e. The van der Waals surface area contributed by atoms with Crippen molar-refractivity contribution in [1.29, 1.82) is 0 Å². The first-order valence-corrected chi connectivity index (χ1v) is 8.19. The summed E-state index contributed by atoms with van der Waals surface area (Å²) in [6.45, 7) is 1.56. The number of carbonyl (C=O) groups excluding carboxylic acids is 2. The molecule has 3 amide bonds. The molecule has 0 saturated carbocycles. The van der Waals surface area contributed by atoms with E-state index < -0.39 is 0 Å². The Morgan fingerprint density at radius 3 is 2.72 bits per heavy atom. The minimum atomic E-state index is -0.216. The van der Waals surface area contributed by atoms with Crippen LogP contribution < -0.4 is 15.5 Å². The second-order valence-electron chi connectivity index (χ2n) is 5.43. The number of carbonyl (C=O) groups is 2. The number of hydrogen-bond acceptors (Lipinski definition) is 2. The highest BCUT2D eigenvalue weighted by Gasteiger charge is 2.20. The normalized spacial score (nSPS) is 13.0. The van der Waals surface area contributed by atoms with Crippen LogP contribution in [0.3, 0.4) is 0 Å². The average molecular weight is 354 g/mol. The third-order valence-electron chi connectivity index (χ3n) is 3.69. The van der Waals surface area contributed by atoms with Gasteiger partial charge in [0, 0.05) is 34.9 Å². The molecule has 126 valence electrons. The van der Waals surface area contributed by atoms with E-state index in [2.05, 4.69) is 22.5 Å². The number of urea groups is 1. The van der Waals surface area contributed by atoms with Crippen LogP contribution in [0.2, 0.25) is 5.02 Å². The Balaban J connectivity index is 1.55. The summed E-state index contributed by atoms with van der Waals surface area (Å²) in [5.41, 5.74) is 2.16. The first-order chi connectivity index (χ1) is 12.1. The van der Waals surface area contributed by atoms with E-state index in [1.165, 1.54) is 0 Å².